The van der Waals surface area contributed by atoms with Gasteiger partial charge in [0.25, 0.3) is 10.0 Å². The second-order valence-electron chi connectivity index (χ2n) is 6.95. The van der Waals surface area contributed by atoms with E-state index in [1.165, 1.54) is 24.3 Å². The van der Waals surface area contributed by atoms with Gasteiger partial charge in [0.05, 0.1) is 15.9 Å². The van der Waals surface area contributed by atoms with E-state index in [-0.39, 0.29) is 16.5 Å². The molecule has 1 aliphatic heterocycles. The lowest BCUT2D eigenvalue weighted by Crippen LogP contribution is -2.16. The first kappa shape index (κ1) is 27.0. The van der Waals surface area contributed by atoms with Crippen LogP contribution in [0.4, 0.5) is 17.3 Å². The molecule has 1 aromatic heterocycles. The fourth-order valence-corrected chi connectivity index (χ4v) is 4.35. The van der Waals surface area contributed by atoms with Crippen molar-refractivity contribution >= 4 is 50.0 Å². The number of rotatable bonds is 5. The van der Waals surface area contributed by atoms with E-state index >= 15 is 0 Å². The summed E-state index contributed by atoms with van der Waals surface area (Å²) in [6, 6.07) is 18.4. The standard InChI is InChI=1S/C22H17ClN4O4S.C2H6.CH4O/c23-14-5-8-16(9-6-14)32(28,29)27-22-21(25-17-3-1-2-4-18(17)26-22)24-15-7-10-19-20(13-15)31-12-11-30-19;2*1-2/h1-10,13H,11-12H2,(H,24,25)(H,26,27);1-2H3;2H,1H3. The number of nitrogens with zero attached hydrogens (tertiary/aromatic N) is 2. The third-order valence-corrected chi connectivity index (χ3v) is 6.34. The number of aliphatic hydroxyl groups is 1. The average Bonchev–Trinajstić information content (AvgIpc) is 2.91. The molecule has 11 heteroatoms. The molecular weight excluding hydrogens is 504 g/mol. The van der Waals surface area contributed by atoms with Crippen molar-refractivity contribution in [3.8, 4) is 11.5 Å². The van der Waals surface area contributed by atoms with Crippen molar-refractivity contribution in [1.29, 1.82) is 0 Å². The van der Waals surface area contributed by atoms with Crippen LogP contribution in [0.15, 0.2) is 71.6 Å². The van der Waals surface area contributed by atoms with Crippen molar-refractivity contribution in [2.24, 2.45) is 0 Å². The van der Waals surface area contributed by atoms with Crippen LogP contribution in [0.5, 0.6) is 11.5 Å². The summed E-state index contributed by atoms with van der Waals surface area (Å²) in [5, 5.41) is 10.6. The summed E-state index contributed by atoms with van der Waals surface area (Å²) in [4.78, 5) is 9.13. The predicted molar refractivity (Wildman–Crippen MR) is 142 cm³/mol. The minimum atomic E-state index is -3.92. The molecule has 0 amide bonds. The van der Waals surface area contributed by atoms with Gasteiger partial charge in [-0.05, 0) is 48.5 Å². The van der Waals surface area contributed by atoms with Gasteiger partial charge in [0.2, 0.25) is 0 Å². The first-order valence-electron chi connectivity index (χ1n) is 11.1. The molecule has 4 aromatic rings. The summed E-state index contributed by atoms with van der Waals surface area (Å²) >= 11 is 5.89. The summed E-state index contributed by atoms with van der Waals surface area (Å²) in [6.45, 7) is 4.95. The number of nitrogens with one attached hydrogen (secondary N) is 2. The molecule has 3 N–H and O–H groups in total. The van der Waals surface area contributed by atoms with Crippen molar-refractivity contribution in [3.63, 3.8) is 0 Å². The monoisotopic (exact) mass is 530 g/mol. The van der Waals surface area contributed by atoms with Crippen molar-refractivity contribution in [3.05, 3.63) is 71.8 Å². The lowest BCUT2D eigenvalue weighted by molar-refractivity contribution is 0.171. The lowest BCUT2D eigenvalue weighted by atomic mass is 10.2. The maximum absolute atomic E-state index is 13.0. The largest absolute Gasteiger partial charge is 0.486 e. The molecule has 0 aliphatic carbocycles. The van der Waals surface area contributed by atoms with E-state index in [9.17, 15) is 8.42 Å². The molecule has 0 saturated carbocycles. The van der Waals surface area contributed by atoms with Crippen molar-refractivity contribution in [2.45, 2.75) is 18.7 Å². The van der Waals surface area contributed by atoms with E-state index in [4.69, 9.17) is 26.2 Å². The van der Waals surface area contributed by atoms with Gasteiger partial charge in [0.1, 0.15) is 13.2 Å². The summed E-state index contributed by atoms with van der Waals surface area (Å²) in [6.07, 6.45) is 0. The minimum Gasteiger partial charge on any atom is -0.486 e. The Morgan fingerprint density at radius 3 is 2.06 bits per heavy atom. The van der Waals surface area contributed by atoms with Crippen LogP contribution in [0, 0.1) is 0 Å². The van der Waals surface area contributed by atoms with Gasteiger partial charge in [-0.1, -0.05) is 37.6 Å². The smallest absolute Gasteiger partial charge is 0.263 e. The lowest BCUT2D eigenvalue weighted by Gasteiger charge is -2.19. The number of para-hydroxylation sites is 2. The normalized spacial score (nSPS) is 11.9. The van der Waals surface area contributed by atoms with Crippen molar-refractivity contribution < 1.29 is 23.0 Å². The molecular formula is C25H27ClN4O5S. The highest BCUT2D eigenvalue weighted by atomic mass is 35.5. The number of sulfonamides is 1. The molecule has 0 radical (unpaired) electrons. The van der Waals surface area contributed by atoms with E-state index in [0.717, 1.165) is 7.11 Å². The van der Waals surface area contributed by atoms with Crippen LogP contribution in [0.1, 0.15) is 13.8 Å². The third-order valence-electron chi connectivity index (χ3n) is 4.73. The van der Waals surface area contributed by atoms with Gasteiger partial charge in [-0.25, -0.2) is 18.4 Å². The maximum Gasteiger partial charge on any atom is 0.263 e. The maximum atomic E-state index is 13.0. The number of ether oxygens (including phenoxy) is 2. The van der Waals surface area contributed by atoms with E-state index in [0.29, 0.717) is 46.5 Å². The van der Waals surface area contributed by atoms with Gasteiger partial charge >= 0.3 is 0 Å². The topological polar surface area (TPSA) is 123 Å². The van der Waals surface area contributed by atoms with E-state index in [1.807, 2.05) is 26.0 Å². The molecule has 2 heterocycles. The molecule has 0 bridgehead atoms. The van der Waals surface area contributed by atoms with E-state index < -0.39 is 10.0 Å². The van der Waals surface area contributed by atoms with Crippen LogP contribution < -0.4 is 19.5 Å². The number of halogens is 1. The second kappa shape index (κ2) is 12.4. The van der Waals surface area contributed by atoms with Crippen LogP contribution in [0.3, 0.4) is 0 Å². The molecule has 9 nitrogen and oxygen atoms in total. The van der Waals surface area contributed by atoms with Gasteiger partial charge in [-0.3, -0.25) is 4.72 Å². The predicted octanol–water partition coefficient (Wildman–Crippen LogP) is 5.23. The van der Waals surface area contributed by atoms with Crippen LogP contribution >= 0.6 is 11.6 Å². The Kier molecular flexibility index (Phi) is 9.29. The number of anilines is 3. The first-order chi connectivity index (χ1) is 17.5. The zero-order valence-electron chi connectivity index (χ0n) is 20.0. The Bertz CT molecular complexity index is 1420. The fraction of sp³-hybridized carbons (Fsp3) is 0.200. The SMILES string of the molecule is CC.CO.O=S(=O)(Nc1nc2ccccc2nc1Nc1ccc2c(c1)OCCO2)c1ccc(Cl)cc1. The van der Waals surface area contributed by atoms with E-state index in [1.54, 1.807) is 30.3 Å². The summed E-state index contributed by atoms with van der Waals surface area (Å²) < 4.78 is 39.6. The Morgan fingerprint density at radius 2 is 1.42 bits per heavy atom. The summed E-state index contributed by atoms with van der Waals surface area (Å²) in [5.74, 6) is 1.56. The zero-order valence-corrected chi connectivity index (χ0v) is 21.6. The molecule has 0 unspecified atom stereocenters. The van der Waals surface area contributed by atoms with Gasteiger partial charge in [-0.15, -0.1) is 0 Å². The second-order valence-corrected chi connectivity index (χ2v) is 9.07. The molecule has 190 valence electrons. The number of fused-ring (bicyclic) bond motifs is 2. The molecule has 0 fully saturated rings. The molecule has 0 atom stereocenters. The Morgan fingerprint density at radius 1 is 0.833 bits per heavy atom. The zero-order chi connectivity index (χ0) is 26.1. The number of aromatic nitrogens is 2. The number of hydrogen-bond donors (Lipinski definition) is 3. The molecule has 5 rings (SSSR count). The Hall–Kier alpha value is -3.60. The van der Waals surface area contributed by atoms with Gasteiger partial charge < -0.3 is 19.9 Å². The number of benzene rings is 3. The van der Waals surface area contributed by atoms with Crippen LogP contribution in [-0.4, -0.2) is 43.8 Å². The highest BCUT2D eigenvalue weighted by molar-refractivity contribution is 7.92. The summed E-state index contributed by atoms with van der Waals surface area (Å²) in [5.41, 5.74) is 1.81. The van der Waals surface area contributed by atoms with Gasteiger partial charge in [0, 0.05) is 23.9 Å². The number of hydrogen-bond acceptors (Lipinski definition) is 8. The van der Waals surface area contributed by atoms with Crippen molar-refractivity contribution in [1.82, 2.24) is 9.97 Å². The van der Waals surface area contributed by atoms with Crippen LogP contribution in [-0.2, 0) is 10.0 Å². The molecule has 1 aliphatic rings. The highest BCUT2D eigenvalue weighted by Crippen LogP contribution is 2.35. The Balaban J connectivity index is 0.000000861. The molecule has 3 aromatic carbocycles. The molecule has 36 heavy (non-hydrogen) atoms. The fourth-order valence-electron chi connectivity index (χ4n) is 3.22. The third kappa shape index (κ3) is 6.34. The quantitative estimate of drug-likeness (QED) is 0.320. The number of aliphatic hydroxyl groups excluding tert-OH is 1. The highest BCUT2D eigenvalue weighted by Gasteiger charge is 2.20. The van der Waals surface area contributed by atoms with Gasteiger partial charge in [0.15, 0.2) is 23.1 Å². The van der Waals surface area contributed by atoms with Crippen LogP contribution in [0.25, 0.3) is 11.0 Å². The summed E-state index contributed by atoms with van der Waals surface area (Å²) in [7, 11) is -2.92. The van der Waals surface area contributed by atoms with Gasteiger partial charge in [-0.2, -0.15) is 0 Å². The van der Waals surface area contributed by atoms with E-state index in [2.05, 4.69) is 20.0 Å². The molecule has 0 saturated heterocycles. The van der Waals surface area contributed by atoms with Crippen molar-refractivity contribution in [2.75, 3.05) is 30.4 Å². The van der Waals surface area contributed by atoms with Crippen LogP contribution in [0.2, 0.25) is 5.02 Å². The Labute approximate surface area is 215 Å². The average molecular weight is 531 g/mol. The first-order valence-corrected chi connectivity index (χ1v) is 13.0. The minimum absolute atomic E-state index is 0.0575. The molecule has 0 spiro atoms.